The Kier molecular flexibility index (Phi) is 5.81. The third kappa shape index (κ3) is 4.43. The van der Waals surface area contributed by atoms with E-state index in [-0.39, 0.29) is 17.5 Å². The molecule has 2 aromatic rings. The molecule has 148 valence electrons. The van der Waals surface area contributed by atoms with E-state index in [0.717, 1.165) is 31.2 Å². The van der Waals surface area contributed by atoms with E-state index in [2.05, 4.69) is 4.99 Å². The molecule has 0 radical (unpaired) electrons. The van der Waals surface area contributed by atoms with Gasteiger partial charge in [-0.1, -0.05) is 55.7 Å². The number of carbonyl (C=O) groups excluding carboxylic acids is 1. The molecule has 1 N–H and O–H groups in total. The number of hydrogen-bond acceptors (Lipinski definition) is 4. The smallest absolute Gasteiger partial charge is 0.335 e. The van der Waals surface area contributed by atoms with Gasteiger partial charge >= 0.3 is 5.97 Å². The Morgan fingerprint density at radius 3 is 2.55 bits per heavy atom. The van der Waals surface area contributed by atoms with E-state index in [4.69, 9.17) is 0 Å². The van der Waals surface area contributed by atoms with Crippen LogP contribution in [0.5, 0.6) is 0 Å². The molecule has 0 atom stereocenters. The van der Waals surface area contributed by atoms with Crippen LogP contribution in [-0.2, 0) is 4.79 Å². The predicted octanol–water partition coefficient (Wildman–Crippen LogP) is 5.32. The molecule has 1 aliphatic carbocycles. The highest BCUT2D eigenvalue weighted by atomic mass is 32.2. The standard InChI is InChI=1S/C23H22N2O3S/c26-21-20(14-16-8-3-1-4-9-16)29-23(25(21)19-12-5-2-6-13-19)24-18-11-7-10-17(15-18)22(27)28/h1,3-4,7-11,14-15,19H,2,5-6,12-13H2,(H,27,28)/b20-14-,24-23?. The Bertz CT molecular complexity index is 979. The predicted molar refractivity (Wildman–Crippen MR) is 116 cm³/mol. The van der Waals surface area contributed by atoms with Crippen LogP contribution in [0.2, 0.25) is 0 Å². The summed E-state index contributed by atoms with van der Waals surface area (Å²) in [4.78, 5) is 31.7. The van der Waals surface area contributed by atoms with Crippen LogP contribution in [0.4, 0.5) is 5.69 Å². The SMILES string of the molecule is O=C(O)c1cccc(N=C2S/C(=C\c3ccccc3)C(=O)N2C2CCCCC2)c1. The number of aliphatic imine (C=N–C) groups is 1. The number of amides is 1. The number of rotatable bonds is 4. The van der Waals surface area contributed by atoms with Crippen molar-refractivity contribution in [1.82, 2.24) is 4.90 Å². The van der Waals surface area contributed by atoms with E-state index in [1.807, 2.05) is 41.3 Å². The average molecular weight is 407 g/mol. The lowest BCUT2D eigenvalue weighted by molar-refractivity contribution is -0.124. The molecule has 0 aromatic heterocycles. The highest BCUT2D eigenvalue weighted by Gasteiger charge is 2.38. The van der Waals surface area contributed by atoms with Crippen LogP contribution in [0.3, 0.4) is 0 Å². The summed E-state index contributed by atoms with van der Waals surface area (Å²) in [5.74, 6) is -1.00. The van der Waals surface area contributed by atoms with Crippen molar-refractivity contribution in [3.05, 3.63) is 70.6 Å². The number of amidine groups is 1. The van der Waals surface area contributed by atoms with E-state index in [1.165, 1.54) is 18.2 Å². The summed E-state index contributed by atoms with van der Waals surface area (Å²) in [6, 6.07) is 16.4. The van der Waals surface area contributed by atoms with E-state index in [0.29, 0.717) is 15.8 Å². The number of benzene rings is 2. The summed E-state index contributed by atoms with van der Waals surface area (Å²) in [6.07, 6.45) is 7.26. The van der Waals surface area contributed by atoms with Gasteiger partial charge in [0.1, 0.15) is 0 Å². The molecule has 29 heavy (non-hydrogen) atoms. The summed E-state index contributed by atoms with van der Waals surface area (Å²) in [5.41, 5.74) is 1.70. The number of aromatic carboxylic acids is 1. The molecule has 2 aromatic carbocycles. The summed E-state index contributed by atoms with van der Waals surface area (Å²) in [5, 5.41) is 9.88. The lowest BCUT2D eigenvalue weighted by Gasteiger charge is -2.30. The minimum Gasteiger partial charge on any atom is -0.478 e. The summed E-state index contributed by atoms with van der Waals surface area (Å²) < 4.78 is 0. The summed E-state index contributed by atoms with van der Waals surface area (Å²) in [7, 11) is 0. The molecule has 2 fully saturated rings. The summed E-state index contributed by atoms with van der Waals surface area (Å²) >= 11 is 1.36. The first-order chi connectivity index (χ1) is 14.1. The number of carbonyl (C=O) groups is 2. The summed E-state index contributed by atoms with van der Waals surface area (Å²) in [6.45, 7) is 0. The molecule has 1 heterocycles. The molecule has 5 nitrogen and oxygen atoms in total. The van der Waals surface area contributed by atoms with Gasteiger partial charge < -0.3 is 5.11 Å². The van der Waals surface area contributed by atoms with Crippen molar-refractivity contribution in [2.45, 2.75) is 38.1 Å². The quantitative estimate of drug-likeness (QED) is 0.698. The lowest BCUT2D eigenvalue weighted by atomic mass is 9.94. The van der Waals surface area contributed by atoms with E-state index < -0.39 is 5.97 Å². The van der Waals surface area contributed by atoms with Crippen molar-refractivity contribution in [2.24, 2.45) is 4.99 Å². The van der Waals surface area contributed by atoms with Crippen LogP contribution < -0.4 is 0 Å². The van der Waals surface area contributed by atoms with E-state index >= 15 is 0 Å². The highest BCUT2D eigenvalue weighted by Crippen LogP contribution is 2.38. The fourth-order valence-corrected chi connectivity index (χ4v) is 4.80. The minimum absolute atomic E-state index is 0.0149. The Hall–Kier alpha value is -2.86. The average Bonchev–Trinajstić information content (AvgIpc) is 3.04. The largest absolute Gasteiger partial charge is 0.478 e. The lowest BCUT2D eigenvalue weighted by Crippen LogP contribution is -2.40. The normalized spacial score (nSPS) is 20.6. The molecule has 0 bridgehead atoms. The van der Waals surface area contributed by atoms with Gasteiger partial charge in [-0.25, -0.2) is 9.79 Å². The zero-order chi connectivity index (χ0) is 20.2. The zero-order valence-electron chi connectivity index (χ0n) is 16.0. The molecule has 6 heteroatoms. The van der Waals surface area contributed by atoms with Gasteiger partial charge in [-0.15, -0.1) is 0 Å². The highest BCUT2D eigenvalue weighted by molar-refractivity contribution is 8.18. The van der Waals surface area contributed by atoms with Crippen molar-refractivity contribution in [3.63, 3.8) is 0 Å². The maximum absolute atomic E-state index is 13.2. The van der Waals surface area contributed by atoms with Crippen LogP contribution in [0.1, 0.15) is 48.0 Å². The maximum Gasteiger partial charge on any atom is 0.335 e. The molecule has 0 unspecified atom stereocenters. The van der Waals surface area contributed by atoms with Gasteiger partial charge in [0.25, 0.3) is 5.91 Å². The van der Waals surface area contributed by atoms with Crippen molar-refractivity contribution < 1.29 is 14.7 Å². The molecular weight excluding hydrogens is 384 g/mol. The molecule has 2 aliphatic rings. The zero-order valence-corrected chi connectivity index (χ0v) is 16.8. The third-order valence-corrected chi connectivity index (χ3v) is 6.17. The van der Waals surface area contributed by atoms with Crippen LogP contribution in [0.25, 0.3) is 6.08 Å². The van der Waals surface area contributed by atoms with E-state index in [9.17, 15) is 14.7 Å². The van der Waals surface area contributed by atoms with Gasteiger partial charge in [-0.2, -0.15) is 0 Å². The fraction of sp³-hybridized carbons (Fsp3) is 0.261. The first kappa shape index (κ1) is 19.5. The monoisotopic (exact) mass is 406 g/mol. The maximum atomic E-state index is 13.2. The molecule has 1 saturated heterocycles. The molecule has 1 aliphatic heterocycles. The Labute approximate surface area is 174 Å². The van der Waals surface area contributed by atoms with Crippen LogP contribution >= 0.6 is 11.8 Å². The van der Waals surface area contributed by atoms with Gasteiger partial charge in [-0.3, -0.25) is 9.69 Å². The Balaban J connectivity index is 1.71. The van der Waals surface area contributed by atoms with Crippen molar-refractivity contribution >= 4 is 40.6 Å². The van der Waals surface area contributed by atoms with Crippen LogP contribution in [-0.4, -0.2) is 33.1 Å². The van der Waals surface area contributed by atoms with Gasteiger partial charge in [-0.05, 0) is 54.4 Å². The minimum atomic E-state index is -0.990. The van der Waals surface area contributed by atoms with Crippen LogP contribution in [0, 0.1) is 0 Å². The fourth-order valence-electron chi connectivity index (χ4n) is 3.75. The number of carboxylic acid groups (broad SMARTS) is 1. The molecular formula is C23H22N2O3S. The van der Waals surface area contributed by atoms with Crippen molar-refractivity contribution in [1.29, 1.82) is 0 Å². The molecule has 0 spiro atoms. The number of thioether (sulfide) groups is 1. The van der Waals surface area contributed by atoms with Crippen molar-refractivity contribution in [2.75, 3.05) is 0 Å². The molecule has 1 saturated carbocycles. The van der Waals surface area contributed by atoms with Gasteiger partial charge in [0.05, 0.1) is 16.2 Å². The Morgan fingerprint density at radius 2 is 1.83 bits per heavy atom. The second-order valence-corrected chi connectivity index (χ2v) is 8.25. The second kappa shape index (κ2) is 8.66. The van der Waals surface area contributed by atoms with Gasteiger partial charge in [0.15, 0.2) is 5.17 Å². The van der Waals surface area contributed by atoms with E-state index in [1.54, 1.807) is 24.3 Å². The number of carboxylic acids is 1. The van der Waals surface area contributed by atoms with Crippen LogP contribution in [0.15, 0.2) is 64.5 Å². The first-order valence-electron chi connectivity index (χ1n) is 9.82. The topological polar surface area (TPSA) is 70.0 Å². The van der Waals surface area contributed by atoms with Crippen molar-refractivity contribution in [3.8, 4) is 0 Å². The Morgan fingerprint density at radius 1 is 1.07 bits per heavy atom. The molecule has 1 amide bonds. The second-order valence-electron chi connectivity index (χ2n) is 7.24. The molecule has 4 rings (SSSR count). The van der Waals surface area contributed by atoms with Gasteiger partial charge in [0, 0.05) is 6.04 Å². The first-order valence-corrected chi connectivity index (χ1v) is 10.6. The van der Waals surface area contributed by atoms with Gasteiger partial charge in [0.2, 0.25) is 0 Å². The third-order valence-electron chi connectivity index (χ3n) is 5.19. The number of nitrogens with zero attached hydrogens (tertiary/aromatic N) is 2. The number of hydrogen-bond donors (Lipinski definition) is 1.